The summed E-state index contributed by atoms with van der Waals surface area (Å²) in [5.74, 6) is 0.803. The number of aliphatic hydroxyl groups excluding tert-OH is 1. The molecule has 1 aliphatic rings. The van der Waals surface area contributed by atoms with Gasteiger partial charge in [0.1, 0.15) is 0 Å². The van der Waals surface area contributed by atoms with E-state index in [1.54, 1.807) is 0 Å². The topological polar surface area (TPSA) is 69.1 Å². The summed E-state index contributed by atoms with van der Waals surface area (Å²) in [6.45, 7) is 8.68. The molecule has 0 spiro atoms. The van der Waals surface area contributed by atoms with Gasteiger partial charge in [-0.2, -0.15) is 0 Å². The van der Waals surface area contributed by atoms with Crippen LogP contribution in [0.2, 0.25) is 0 Å². The molecule has 0 saturated carbocycles. The molecular formula is C24H34N4O2. The molecule has 1 fully saturated rings. The highest BCUT2D eigenvalue weighted by molar-refractivity contribution is 5.79. The average molecular weight is 411 g/mol. The van der Waals surface area contributed by atoms with E-state index in [0.717, 1.165) is 50.9 Å². The van der Waals surface area contributed by atoms with E-state index in [-0.39, 0.29) is 12.5 Å². The van der Waals surface area contributed by atoms with Gasteiger partial charge < -0.3 is 20.5 Å². The molecule has 2 aromatic rings. The maximum atomic E-state index is 9.81. The zero-order chi connectivity index (χ0) is 21.0. The van der Waals surface area contributed by atoms with E-state index in [1.807, 2.05) is 18.2 Å². The number of guanidine groups is 1. The van der Waals surface area contributed by atoms with Gasteiger partial charge in [0.2, 0.25) is 0 Å². The van der Waals surface area contributed by atoms with Crippen LogP contribution >= 0.6 is 0 Å². The minimum atomic E-state index is 0.0312. The van der Waals surface area contributed by atoms with Crippen LogP contribution in [0.4, 0.5) is 0 Å². The van der Waals surface area contributed by atoms with Crippen molar-refractivity contribution in [3.63, 3.8) is 0 Å². The predicted octanol–water partition coefficient (Wildman–Crippen LogP) is 2.35. The summed E-state index contributed by atoms with van der Waals surface area (Å²) >= 11 is 0. The van der Waals surface area contributed by atoms with Crippen molar-refractivity contribution >= 4 is 5.96 Å². The Hall–Kier alpha value is -2.41. The lowest BCUT2D eigenvalue weighted by Crippen LogP contribution is -2.40. The van der Waals surface area contributed by atoms with Crippen LogP contribution in [0.1, 0.15) is 29.5 Å². The van der Waals surface area contributed by atoms with Crippen molar-refractivity contribution in [2.75, 3.05) is 46.0 Å². The van der Waals surface area contributed by atoms with E-state index in [1.165, 1.54) is 11.1 Å². The molecule has 3 N–H and O–H groups in total. The number of rotatable bonds is 9. The fourth-order valence-electron chi connectivity index (χ4n) is 3.61. The molecule has 3 rings (SSSR count). The molecule has 1 aliphatic heterocycles. The first-order valence-electron chi connectivity index (χ1n) is 10.8. The summed E-state index contributed by atoms with van der Waals surface area (Å²) in [5, 5.41) is 16.5. The van der Waals surface area contributed by atoms with Crippen molar-refractivity contribution in [1.29, 1.82) is 0 Å². The maximum absolute atomic E-state index is 9.81. The van der Waals surface area contributed by atoms with Crippen LogP contribution in [0.15, 0.2) is 59.6 Å². The summed E-state index contributed by atoms with van der Waals surface area (Å²) in [4.78, 5) is 7.24. The Morgan fingerprint density at radius 1 is 1.03 bits per heavy atom. The van der Waals surface area contributed by atoms with Gasteiger partial charge in [-0.15, -0.1) is 0 Å². The molecule has 162 valence electrons. The highest BCUT2D eigenvalue weighted by atomic mass is 16.5. The quantitative estimate of drug-likeness (QED) is 0.437. The largest absolute Gasteiger partial charge is 0.396 e. The van der Waals surface area contributed by atoms with Crippen LogP contribution < -0.4 is 10.6 Å². The molecule has 1 unspecified atom stereocenters. The van der Waals surface area contributed by atoms with Gasteiger partial charge in [0, 0.05) is 38.6 Å². The van der Waals surface area contributed by atoms with Crippen LogP contribution in [0.5, 0.6) is 0 Å². The number of aliphatic hydroxyl groups is 1. The van der Waals surface area contributed by atoms with Crippen molar-refractivity contribution in [3.05, 3.63) is 71.3 Å². The Morgan fingerprint density at radius 2 is 1.73 bits per heavy atom. The smallest absolute Gasteiger partial charge is 0.191 e. The SMILES string of the molecule is CCNC(=NCc1ccccc1CN1CCOCC1)NCC(CO)c1ccccc1. The third-order valence-corrected chi connectivity index (χ3v) is 5.38. The molecule has 0 bridgehead atoms. The average Bonchev–Trinajstić information content (AvgIpc) is 2.80. The van der Waals surface area contributed by atoms with Crippen LogP contribution in [-0.2, 0) is 17.8 Å². The number of benzene rings is 2. The van der Waals surface area contributed by atoms with Gasteiger partial charge in [-0.3, -0.25) is 4.90 Å². The molecule has 1 atom stereocenters. The van der Waals surface area contributed by atoms with Gasteiger partial charge in [0.15, 0.2) is 5.96 Å². The fourth-order valence-corrected chi connectivity index (χ4v) is 3.61. The third kappa shape index (κ3) is 6.83. The van der Waals surface area contributed by atoms with Crippen LogP contribution in [0, 0.1) is 0 Å². The minimum absolute atomic E-state index is 0.0312. The van der Waals surface area contributed by atoms with Gasteiger partial charge in [-0.1, -0.05) is 54.6 Å². The lowest BCUT2D eigenvalue weighted by atomic mass is 10.0. The molecule has 0 aromatic heterocycles. The predicted molar refractivity (Wildman–Crippen MR) is 122 cm³/mol. The summed E-state index contributed by atoms with van der Waals surface area (Å²) in [7, 11) is 0. The number of aliphatic imine (C=N–C) groups is 1. The number of hydrogen-bond acceptors (Lipinski definition) is 4. The van der Waals surface area contributed by atoms with Crippen LogP contribution in [0.25, 0.3) is 0 Å². The fraction of sp³-hybridized carbons (Fsp3) is 0.458. The second kappa shape index (κ2) is 12.3. The molecular weight excluding hydrogens is 376 g/mol. The van der Waals surface area contributed by atoms with E-state index >= 15 is 0 Å². The molecule has 0 radical (unpaired) electrons. The number of nitrogens with one attached hydrogen (secondary N) is 2. The number of hydrogen-bond donors (Lipinski definition) is 3. The van der Waals surface area contributed by atoms with Crippen LogP contribution in [0.3, 0.4) is 0 Å². The van der Waals surface area contributed by atoms with E-state index in [0.29, 0.717) is 13.1 Å². The maximum Gasteiger partial charge on any atom is 0.191 e. The van der Waals surface area contributed by atoms with Gasteiger partial charge in [-0.05, 0) is 23.6 Å². The van der Waals surface area contributed by atoms with Crippen molar-refractivity contribution < 1.29 is 9.84 Å². The molecule has 1 heterocycles. The summed E-state index contributed by atoms with van der Waals surface area (Å²) < 4.78 is 5.46. The minimum Gasteiger partial charge on any atom is -0.396 e. The molecule has 0 amide bonds. The zero-order valence-electron chi connectivity index (χ0n) is 17.9. The number of ether oxygens (including phenoxy) is 1. The monoisotopic (exact) mass is 410 g/mol. The molecule has 30 heavy (non-hydrogen) atoms. The lowest BCUT2D eigenvalue weighted by Gasteiger charge is -2.27. The first-order chi connectivity index (χ1) is 14.8. The van der Waals surface area contributed by atoms with Crippen LogP contribution in [-0.4, -0.2) is 62.0 Å². The van der Waals surface area contributed by atoms with Gasteiger partial charge in [-0.25, -0.2) is 4.99 Å². The molecule has 6 heteroatoms. The zero-order valence-corrected chi connectivity index (χ0v) is 17.9. The number of morpholine rings is 1. The lowest BCUT2D eigenvalue weighted by molar-refractivity contribution is 0.0341. The Kier molecular flexibility index (Phi) is 9.15. The van der Waals surface area contributed by atoms with Crippen molar-refractivity contribution in [2.24, 2.45) is 4.99 Å². The highest BCUT2D eigenvalue weighted by Gasteiger charge is 2.13. The molecule has 1 saturated heterocycles. The molecule has 6 nitrogen and oxygen atoms in total. The standard InChI is InChI=1S/C24H34N4O2/c1-2-25-24(27-17-23(19-29)20-8-4-3-5-9-20)26-16-21-10-6-7-11-22(21)18-28-12-14-30-15-13-28/h3-11,23,29H,2,12-19H2,1H3,(H2,25,26,27). The number of nitrogens with zero attached hydrogens (tertiary/aromatic N) is 2. The Bertz CT molecular complexity index is 776. The van der Waals surface area contributed by atoms with E-state index in [9.17, 15) is 5.11 Å². The second-order valence-corrected chi connectivity index (χ2v) is 7.52. The first kappa shape index (κ1) is 22.3. The summed E-state index contributed by atoms with van der Waals surface area (Å²) in [6.07, 6.45) is 0. The second-order valence-electron chi connectivity index (χ2n) is 7.52. The molecule has 2 aromatic carbocycles. The van der Waals surface area contributed by atoms with Crippen molar-refractivity contribution in [1.82, 2.24) is 15.5 Å². The Morgan fingerprint density at radius 3 is 2.43 bits per heavy atom. The summed E-state index contributed by atoms with van der Waals surface area (Å²) in [5.41, 5.74) is 3.68. The summed E-state index contributed by atoms with van der Waals surface area (Å²) in [6, 6.07) is 18.6. The third-order valence-electron chi connectivity index (χ3n) is 5.38. The first-order valence-corrected chi connectivity index (χ1v) is 10.8. The Labute approximate surface area is 180 Å². The highest BCUT2D eigenvalue weighted by Crippen LogP contribution is 2.15. The van der Waals surface area contributed by atoms with E-state index in [4.69, 9.17) is 9.73 Å². The molecule has 0 aliphatic carbocycles. The van der Waals surface area contributed by atoms with Gasteiger partial charge >= 0.3 is 0 Å². The van der Waals surface area contributed by atoms with Gasteiger partial charge in [0.25, 0.3) is 0 Å². The van der Waals surface area contributed by atoms with Crippen molar-refractivity contribution in [3.8, 4) is 0 Å². The van der Waals surface area contributed by atoms with Crippen molar-refractivity contribution in [2.45, 2.75) is 25.9 Å². The van der Waals surface area contributed by atoms with Gasteiger partial charge in [0.05, 0.1) is 26.4 Å². The van der Waals surface area contributed by atoms with E-state index < -0.39 is 0 Å². The van der Waals surface area contributed by atoms with E-state index in [2.05, 4.69) is 58.9 Å². The Balaban J connectivity index is 1.63. The normalized spacial score (nSPS) is 16.3.